The van der Waals surface area contributed by atoms with Crippen molar-refractivity contribution in [2.24, 2.45) is 10.9 Å². The van der Waals surface area contributed by atoms with Crippen LogP contribution in [0.4, 0.5) is 4.39 Å². The predicted molar refractivity (Wildman–Crippen MR) is 85.8 cm³/mol. The van der Waals surface area contributed by atoms with Crippen molar-refractivity contribution in [1.29, 1.82) is 0 Å². The minimum Gasteiger partial charge on any atom is -0.361 e. The summed E-state index contributed by atoms with van der Waals surface area (Å²) in [5, 5.41) is 4.99. The zero-order chi connectivity index (χ0) is 14.7. The molecule has 0 aliphatic carbocycles. The zero-order valence-electron chi connectivity index (χ0n) is 12.7. The number of halogens is 1. The molecule has 0 spiro atoms. The molecule has 1 heterocycles. The smallest absolute Gasteiger partial charge is 0.157 e. The number of thioether (sulfide) groups is 1. The van der Waals surface area contributed by atoms with E-state index in [-0.39, 0.29) is 5.82 Å². The molecule has 1 aliphatic rings. The van der Waals surface area contributed by atoms with Gasteiger partial charge in [0.1, 0.15) is 5.82 Å². The van der Waals surface area contributed by atoms with Crippen LogP contribution in [0.25, 0.3) is 0 Å². The minimum absolute atomic E-state index is 0.0988. The monoisotopic (exact) mass is 294 g/mol. The van der Waals surface area contributed by atoms with Crippen LogP contribution in [-0.2, 0) is 6.54 Å². The SMILES string of the molecule is Cc1cc(CNC2=NCC(CC(C)C)S2)cc(C)c1F. The van der Waals surface area contributed by atoms with Crippen molar-refractivity contribution in [2.75, 3.05) is 6.54 Å². The second kappa shape index (κ2) is 6.61. The molecule has 1 N–H and O–H groups in total. The van der Waals surface area contributed by atoms with Gasteiger partial charge in [-0.15, -0.1) is 0 Å². The van der Waals surface area contributed by atoms with Gasteiger partial charge in [0, 0.05) is 11.8 Å². The topological polar surface area (TPSA) is 24.4 Å². The Bertz CT molecular complexity index is 488. The summed E-state index contributed by atoms with van der Waals surface area (Å²) in [7, 11) is 0. The Hall–Kier alpha value is -1.03. The second-order valence-corrected chi connectivity index (χ2v) is 7.20. The maximum atomic E-state index is 13.6. The number of nitrogens with one attached hydrogen (secondary N) is 1. The van der Waals surface area contributed by atoms with E-state index >= 15 is 0 Å². The molecule has 0 saturated heterocycles. The lowest BCUT2D eigenvalue weighted by molar-refractivity contribution is 0.575. The molecule has 0 bridgehead atoms. The average molecular weight is 294 g/mol. The molecule has 110 valence electrons. The molecule has 2 rings (SSSR count). The summed E-state index contributed by atoms with van der Waals surface area (Å²) < 4.78 is 13.6. The van der Waals surface area contributed by atoms with Crippen LogP contribution < -0.4 is 5.32 Å². The Kier molecular flexibility index (Phi) is 5.08. The molecule has 1 atom stereocenters. The molecule has 0 aromatic heterocycles. The van der Waals surface area contributed by atoms with E-state index in [4.69, 9.17) is 0 Å². The van der Waals surface area contributed by atoms with Crippen LogP contribution in [0.1, 0.15) is 37.0 Å². The van der Waals surface area contributed by atoms with Gasteiger partial charge in [0.2, 0.25) is 0 Å². The number of hydrogen-bond acceptors (Lipinski definition) is 3. The molecule has 0 saturated carbocycles. The predicted octanol–water partition coefficient (Wildman–Crippen LogP) is 4.05. The fourth-order valence-electron chi connectivity index (χ4n) is 2.48. The Labute approximate surface area is 125 Å². The maximum Gasteiger partial charge on any atom is 0.157 e. The van der Waals surface area contributed by atoms with E-state index in [9.17, 15) is 4.39 Å². The van der Waals surface area contributed by atoms with Gasteiger partial charge in [0.15, 0.2) is 5.17 Å². The summed E-state index contributed by atoms with van der Waals surface area (Å²) in [6.07, 6.45) is 1.20. The van der Waals surface area contributed by atoms with Gasteiger partial charge < -0.3 is 5.32 Å². The lowest BCUT2D eigenvalue weighted by Crippen LogP contribution is -2.19. The highest BCUT2D eigenvalue weighted by molar-refractivity contribution is 8.14. The first-order valence-electron chi connectivity index (χ1n) is 7.16. The van der Waals surface area contributed by atoms with E-state index in [1.165, 1.54) is 6.42 Å². The van der Waals surface area contributed by atoms with Crippen molar-refractivity contribution in [3.8, 4) is 0 Å². The standard InChI is InChI=1S/C16H23FN2S/c1-10(2)5-14-9-19-16(20-14)18-8-13-6-11(3)15(17)12(4)7-13/h6-7,10,14H,5,8-9H2,1-4H3,(H,18,19). The van der Waals surface area contributed by atoms with Crippen LogP contribution in [0.2, 0.25) is 0 Å². The van der Waals surface area contributed by atoms with E-state index in [1.54, 1.807) is 0 Å². The number of amidine groups is 1. The number of hydrogen-bond donors (Lipinski definition) is 1. The quantitative estimate of drug-likeness (QED) is 0.906. The summed E-state index contributed by atoms with van der Waals surface area (Å²) in [6.45, 7) is 9.74. The average Bonchev–Trinajstić information content (AvgIpc) is 2.80. The molecule has 2 nitrogen and oxygen atoms in total. The third-order valence-corrected chi connectivity index (χ3v) is 4.56. The first-order valence-corrected chi connectivity index (χ1v) is 8.04. The van der Waals surface area contributed by atoms with Crippen molar-refractivity contribution in [3.05, 3.63) is 34.6 Å². The summed E-state index contributed by atoms with van der Waals surface area (Å²) in [5.74, 6) is 0.614. The summed E-state index contributed by atoms with van der Waals surface area (Å²) in [6, 6.07) is 3.81. The molecule has 0 amide bonds. The normalized spacial score (nSPS) is 18.5. The third-order valence-electron chi connectivity index (χ3n) is 3.39. The zero-order valence-corrected chi connectivity index (χ0v) is 13.5. The Balaban J connectivity index is 1.88. The molecule has 4 heteroatoms. The Morgan fingerprint density at radius 2 is 2.00 bits per heavy atom. The minimum atomic E-state index is -0.0988. The molecule has 1 unspecified atom stereocenters. The van der Waals surface area contributed by atoms with Gasteiger partial charge in [-0.05, 0) is 42.9 Å². The van der Waals surface area contributed by atoms with Crippen LogP contribution in [-0.4, -0.2) is 17.0 Å². The lowest BCUT2D eigenvalue weighted by atomic mass is 10.1. The van der Waals surface area contributed by atoms with Crippen molar-refractivity contribution < 1.29 is 4.39 Å². The van der Waals surface area contributed by atoms with Crippen molar-refractivity contribution in [3.63, 3.8) is 0 Å². The van der Waals surface area contributed by atoms with Gasteiger partial charge >= 0.3 is 0 Å². The highest BCUT2D eigenvalue weighted by atomic mass is 32.2. The molecule has 0 fully saturated rings. The van der Waals surface area contributed by atoms with E-state index in [1.807, 2.05) is 37.7 Å². The van der Waals surface area contributed by atoms with Gasteiger partial charge in [-0.3, -0.25) is 4.99 Å². The fourth-order valence-corrected chi connectivity index (χ4v) is 3.73. The Morgan fingerprint density at radius 1 is 1.35 bits per heavy atom. The molecule has 1 aromatic rings. The largest absolute Gasteiger partial charge is 0.361 e. The first-order chi connectivity index (χ1) is 9.45. The molecular formula is C16H23FN2S. The lowest BCUT2D eigenvalue weighted by Gasteiger charge is -2.12. The van der Waals surface area contributed by atoms with Gasteiger partial charge in [0.05, 0.1) is 6.54 Å². The molecule has 0 radical (unpaired) electrons. The Morgan fingerprint density at radius 3 is 2.60 bits per heavy atom. The molecular weight excluding hydrogens is 271 g/mol. The van der Waals surface area contributed by atoms with Crippen LogP contribution in [0.15, 0.2) is 17.1 Å². The van der Waals surface area contributed by atoms with E-state index in [0.29, 0.717) is 28.8 Å². The maximum absolute atomic E-state index is 13.6. The van der Waals surface area contributed by atoms with E-state index in [2.05, 4.69) is 24.2 Å². The number of aliphatic imine (C=N–C) groups is 1. The molecule has 1 aromatic carbocycles. The number of benzene rings is 1. The summed E-state index contributed by atoms with van der Waals surface area (Å²) >= 11 is 1.83. The van der Waals surface area contributed by atoms with Crippen LogP contribution in [0.5, 0.6) is 0 Å². The molecule has 20 heavy (non-hydrogen) atoms. The van der Waals surface area contributed by atoms with Gasteiger partial charge in [0.25, 0.3) is 0 Å². The summed E-state index contributed by atoms with van der Waals surface area (Å²) in [4.78, 5) is 4.54. The fraction of sp³-hybridized carbons (Fsp3) is 0.562. The van der Waals surface area contributed by atoms with Gasteiger partial charge in [-0.2, -0.15) is 0 Å². The number of aryl methyl sites for hydroxylation is 2. The van der Waals surface area contributed by atoms with Crippen molar-refractivity contribution in [2.45, 2.75) is 45.9 Å². The van der Waals surface area contributed by atoms with Crippen LogP contribution in [0.3, 0.4) is 0 Å². The van der Waals surface area contributed by atoms with E-state index in [0.717, 1.165) is 17.3 Å². The highest BCUT2D eigenvalue weighted by Gasteiger charge is 2.20. The molecule has 1 aliphatic heterocycles. The van der Waals surface area contributed by atoms with Gasteiger partial charge in [-0.25, -0.2) is 4.39 Å². The van der Waals surface area contributed by atoms with Gasteiger partial charge in [-0.1, -0.05) is 37.7 Å². The second-order valence-electron chi connectivity index (χ2n) is 5.91. The number of rotatable bonds is 4. The summed E-state index contributed by atoms with van der Waals surface area (Å²) in [5.41, 5.74) is 2.53. The van der Waals surface area contributed by atoms with Crippen molar-refractivity contribution >= 4 is 16.9 Å². The van der Waals surface area contributed by atoms with Crippen LogP contribution >= 0.6 is 11.8 Å². The third kappa shape index (κ3) is 3.98. The highest BCUT2D eigenvalue weighted by Crippen LogP contribution is 2.25. The van der Waals surface area contributed by atoms with Crippen LogP contribution in [0, 0.1) is 25.6 Å². The number of nitrogens with zero attached hydrogens (tertiary/aromatic N) is 1. The van der Waals surface area contributed by atoms with Crippen molar-refractivity contribution in [1.82, 2.24) is 5.32 Å². The first kappa shape index (κ1) is 15.4. The van der Waals surface area contributed by atoms with E-state index < -0.39 is 0 Å².